The van der Waals surface area contributed by atoms with Crippen molar-refractivity contribution in [3.8, 4) is 0 Å². The van der Waals surface area contributed by atoms with Crippen molar-refractivity contribution in [2.45, 2.75) is 32.4 Å². The van der Waals surface area contributed by atoms with Crippen molar-refractivity contribution in [3.05, 3.63) is 59.4 Å². The number of nitrogens with one attached hydrogen (secondary N) is 2. The molecule has 0 spiro atoms. The minimum absolute atomic E-state index is 0.0244. The molecule has 1 heterocycles. The number of pyridine rings is 1. The first-order valence-electron chi connectivity index (χ1n) is 7.48. The topological polar surface area (TPSA) is 37.0 Å². The zero-order valence-corrected chi connectivity index (χ0v) is 13.6. The van der Waals surface area contributed by atoms with Gasteiger partial charge in [-0.05, 0) is 26.3 Å². The van der Waals surface area contributed by atoms with Crippen LogP contribution in [0.3, 0.4) is 0 Å². The highest BCUT2D eigenvalue weighted by Crippen LogP contribution is 2.23. The van der Waals surface area contributed by atoms with Gasteiger partial charge in [-0.15, -0.1) is 0 Å². The van der Waals surface area contributed by atoms with Crippen LogP contribution >= 0.6 is 0 Å². The van der Waals surface area contributed by atoms with E-state index in [0.717, 1.165) is 5.56 Å². The zero-order valence-electron chi connectivity index (χ0n) is 13.6. The molecule has 0 amide bonds. The SMILES string of the molecule is CC(NC(C)(C)CNc1c(F)c(F)nc(F)c1F)c1ccccc1. The second-order valence-electron chi connectivity index (χ2n) is 6.21. The summed E-state index contributed by atoms with van der Waals surface area (Å²) >= 11 is 0. The molecule has 2 N–H and O–H groups in total. The minimum atomic E-state index is -1.68. The first-order chi connectivity index (χ1) is 11.2. The Morgan fingerprint density at radius 3 is 2.08 bits per heavy atom. The van der Waals surface area contributed by atoms with Crippen LogP contribution in [0.4, 0.5) is 23.2 Å². The van der Waals surface area contributed by atoms with Crippen molar-refractivity contribution < 1.29 is 17.6 Å². The van der Waals surface area contributed by atoms with E-state index in [-0.39, 0.29) is 12.6 Å². The Kier molecular flexibility index (Phi) is 5.43. The number of benzene rings is 1. The maximum atomic E-state index is 13.6. The van der Waals surface area contributed by atoms with Crippen LogP contribution in [0.25, 0.3) is 0 Å². The Morgan fingerprint density at radius 2 is 1.54 bits per heavy atom. The first-order valence-corrected chi connectivity index (χ1v) is 7.48. The summed E-state index contributed by atoms with van der Waals surface area (Å²) in [7, 11) is 0. The van der Waals surface area contributed by atoms with Crippen molar-refractivity contribution in [3.63, 3.8) is 0 Å². The van der Waals surface area contributed by atoms with E-state index in [2.05, 4.69) is 15.6 Å². The van der Waals surface area contributed by atoms with E-state index in [9.17, 15) is 17.6 Å². The maximum Gasteiger partial charge on any atom is 0.253 e. The van der Waals surface area contributed by atoms with E-state index in [4.69, 9.17) is 0 Å². The van der Waals surface area contributed by atoms with Gasteiger partial charge in [0.2, 0.25) is 11.6 Å². The van der Waals surface area contributed by atoms with Gasteiger partial charge in [0, 0.05) is 18.1 Å². The summed E-state index contributed by atoms with van der Waals surface area (Å²) in [6.07, 6.45) is 0. The van der Waals surface area contributed by atoms with Crippen LogP contribution in [0.15, 0.2) is 30.3 Å². The van der Waals surface area contributed by atoms with Gasteiger partial charge in [-0.1, -0.05) is 30.3 Å². The highest BCUT2D eigenvalue weighted by Gasteiger charge is 2.25. The third-order valence-electron chi connectivity index (χ3n) is 3.61. The van der Waals surface area contributed by atoms with Gasteiger partial charge in [-0.25, -0.2) is 0 Å². The predicted molar refractivity (Wildman–Crippen MR) is 84.6 cm³/mol. The number of anilines is 1. The van der Waals surface area contributed by atoms with Crippen molar-refractivity contribution in [1.82, 2.24) is 10.3 Å². The van der Waals surface area contributed by atoms with E-state index in [1.165, 1.54) is 0 Å². The van der Waals surface area contributed by atoms with Crippen LogP contribution in [0.1, 0.15) is 32.4 Å². The van der Waals surface area contributed by atoms with E-state index >= 15 is 0 Å². The normalized spacial score (nSPS) is 13.0. The molecule has 1 unspecified atom stereocenters. The molecule has 1 atom stereocenters. The lowest BCUT2D eigenvalue weighted by molar-refractivity contribution is 0.361. The lowest BCUT2D eigenvalue weighted by Crippen LogP contribution is -2.46. The highest BCUT2D eigenvalue weighted by molar-refractivity contribution is 5.45. The number of halogens is 4. The van der Waals surface area contributed by atoms with Gasteiger partial charge in [0.1, 0.15) is 5.69 Å². The summed E-state index contributed by atoms with van der Waals surface area (Å²) in [4.78, 5) is 2.53. The van der Waals surface area contributed by atoms with Gasteiger partial charge in [0.05, 0.1) is 0 Å². The molecule has 7 heteroatoms. The van der Waals surface area contributed by atoms with Crippen LogP contribution in [0.5, 0.6) is 0 Å². The van der Waals surface area contributed by atoms with E-state index in [1.807, 2.05) is 51.1 Å². The van der Waals surface area contributed by atoms with Gasteiger partial charge >= 0.3 is 0 Å². The zero-order chi connectivity index (χ0) is 17.9. The average Bonchev–Trinajstić information content (AvgIpc) is 2.53. The molecular formula is C17H19F4N3. The Bertz CT molecular complexity index is 678. The second-order valence-corrected chi connectivity index (χ2v) is 6.21. The molecule has 3 nitrogen and oxygen atoms in total. The Balaban J connectivity index is 2.08. The van der Waals surface area contributed by atoms with Crippen LogP contribution in [0, 0.1) is 23.5 Å². The van der Waals surface area contributed by atoms with Crippen molar-refractivity contribution in [2.24, 2.45) is 0 Å². The fourth-order valence-electron chi connectivity index (χ4n) is 2.41. The minimum Gasteiger partial charge on any atom is -0.378 e. The largest absolute Gasteiger partial charge is 0.378 e. The Morgan fingerprint density at radius 1 is 1.00 bits per heavy atom. The molecule has 24 heavy (non-hydrogen) atoms. The number of aromatic nitrogens is 1. The quantitative estimate of drug-likeness (QED) is 0.611. The number of hydrogen-bond acceptors (Lipinski definition) is 3. The summed E-state index contributed by atoms with van der Waals surface area (Å²) in [6, 6.07) is 9.60. The second kappa shape index (κ2) is 7.17. The summed E-state index contributed by atoms with van der Waals surface area (Å²) in [6.45, 7) is 5.61. The molecule has 0 fully saturated rings. The highest BCUT2D eigenvalue weighted by atomic mass is 19.2. The van der Waals surface area contributed by atoms with Gasteiger partial charge < -0.3 is 10.6 Å². The first kappa shape index (κ1) is 18.2. The van der Waals surface area contributed by atoms with Crippen LogP contribution in [-0.4, -0.2) is 17.1 Å². The number of nitrogens with zero attached hydrogens (tertiary/aromatic N) is 1. The molecule has 0 saturated heterocycles. The summed E-state index contributed by atoms with van der Waals surface area (Å²) in [5.74, 6) is -6.44. The molecule has 2 rings (SSSR count). The third-order valence-corrected chi connectivity index (χ3v) is 3.61. The monoisotopic (exact) mass is 341 g/mol. The van der Waals surface area contributed by atoms with Crippen molar-refractivity contribution in [1.29, 1.82) is 0 Å². The molecule has 0 radical (unpaired) electrons. The number of rotatable bonds is 6. The van der Waals surface area contributed by atoms with Gasteiger partial charge in [-0.3, -0.25) is 0 Å². The van der Waals surface area contributed by atoms with Gasteiger partial charge in [0.25, 0.3) is 11.9 Å². The van der Waals surface area contributed by atoms with Crippen molar-refractivity contribution in [2.75, 3.05) is 11.9 Å². The predicted octanol–water partition coefficient (Wildman–Crippen LogP) is 4.18. The summed E-state index contributed by atoms with van der Waals surface area (Å²) < 4.78 is 53.5. The Hall–Kier alpha value is -2.15. The van der Waals surface area contributed by atoms with Crippen molar-refractivity contribution >= 4 is 5.69 Å². The van der Waals surface area contributed by atoms with Gasteiger partial charge in [0.15, 0.2) is 0 Å². The molecule has 1 aromatic carbocycles. The molecule has 0 aliphatic heterocycles. The fourth-order valence-corrected chi connectivity index (χ4v) is 2.41. The summed E-state index contributed by atoms with van der Waals surface area (Å²) in [5.41, 5.74) is -0.421. The smallest absolute Gasteiger partial charge is 0.253 e. The fraction of sp³-hybridized carbons (Fsp3) is 0.353. The standard InChI is InChI=1S/C17H19F4N3/c1-10(11-7-5-4-6-8-11)24-17(2,3)9-22-14-12(18)15(20)23-16(21)13(14)19/h4-8,10,24H,9H2,1-3H3,(H,22,23). The number of hydrogen-bond donors (Lipinski definition) is 2. The lowest BCUT2D eigenvalue weighted by Gasteiger charge is -2.31. The molecule has 0 bridgehead atoms. The molecule has 2 aromatic rings. The molecule has 1 aromatic heterocycles. The van der Waals surface area contributed by atoms with Crippen LogP contribution in [-0.2, 0) is 0 Å². The molecule has 0 saturated carbocycles. The van der Waals surface area contributed by atoms with E-state index < -0.39 is 34.8 Å². The summed E-state index contributed by atoms with van der Waals surface area (Å²) in [5, 5.41) is 5.73. The Labute approximate surface area is 138 Å². The molecule has 130 valence electrons. The van der Waals surface area contributed by atoms with Crippen LogP contribution in [0.2, 0.25) is 0 Å². The van der Waals surface area contributed by atoms with E-state index in [1.54, 1.807) is 0 Å². The maximum absolute atomic E-state index is 13.6. The molecular weight excluding hydrogens is 322 g/mol. The average molecular weight is 341 g/mol. The molecule has 0 aliphatic rings. The third kappa shape index (κ3) is 4.23. The lowest BCUT2D eigenvalue weighted by atomic mass is 10.0. The van der Waals surface area contributed by atoms with Crippen LogP contribution < -0.4 is 10.6 Å². The van der Waals surface area contributed by atoms with E-state index in [0.29, 0.717) is 0 Å². The van der Waals surface area contributed by atoms with Gasteiger partial charge in [-0.2, -0.15) is 22.5 Å². The molecule has 0 aliphatic carbocycles.